The summed E-state index contributed by atoms with van der Waals surface area (Å²) >= 11 is 0. The van der Waals surface area contributed by atoms with Crippen LogP contribution in [0.1, 0.15) is 32.2 Å². The lowest BCUT2D eigenvalue weighted by atomic mass is 10.2. The molecule has 0 bridgehead atoms. The molecule has 6 heteroatoms. The lowest BCUT2D eigenvalue weighted by Gasteiger charge is -2.19. The van der Waals surface area contributed by atoms with Crippen LogP contribution in [0, 0.1) is 0 Å². The van der Waals surface area contributed by atoms with Crippen LogP contribution in [-0.2, 0) is 17.7 Å². The summed E-state index contributed by atoms with van der Waals surface area (Å²) in [4.78, 5) is 20.1. The van der Waals surface area contributed by atoms with Crippen LogP contribution in [0.5, 0.6) is 0 Å². The summed E-state index contributed by atoms with van der Waals surface area (Å²) in [6.45, 7) is 6.70. The van der Waals surface area contributed by atoms with Crippen molar-refractivity contribution in [3.05, 3.63) is 48.3 Å². The van der Waals surface area contributed by atoms with Gasteiger partial charge >= 0.3 is 6.09 Å². The zero-order chi connectivity index (χ0) is 16.0. The van der Waals surface area contributed by atoms with Crippen LogP contribution in [-0.4, -0.2) is 32.8 Å². The van der Waals surface area contributed by atoms with Gasteiger partial charge in [-0.1, -0.05) is 6.07 Å². The van der Waals surface area contributed by atoms with Crippen LogP contribution in [0.3, 0.4) is 0 Å². The first-order valence-corrected chi connectivity index (χ1v) is 7.30. The van der Waals surface area contributed by atoms with Gasteiger partial charge < -0.3 is 14.6 Å². The van der Waals surface area contributed by atoms with Crippen molar-refractivity contribution in [3.63, 3.8) is 0 Å². The molecule has 118 valence electrons. The van der Waals surface area contributed by atoms with Gasteiger partial charge in [0, 0.05) is 31.1 Å². The Kier molecular flexibility index (Phi) is 5.14. The maximum atomic E-state index is 11.6. The molecule has 0 aromatic carbocycles. The highest BCUT2D eigenvalue weighted by molar-refractivity contribution is 5.67. The topological polar surface area (TPSA) is 69.0 Å². The molecule has 0 aliphatic rings. The molecule has 0 saturated carbocycles. The average molecular weight is 302 g/mol. The fourth-order valence-electron chi connectivity index (χ4n) is 1.97. The highest BCUT2D eigenvalue weighted by atomic mass is 16.6. The van der Waals surface area contributed by atoms with Crippen molar-refractivity contribution in [1.82, 2.24) is 19.9 Å². The maximum absolute atomic E-state index is 11.6. The molecule has 0 spiro atoms. The first-order chi connectivity index (χ1) is 10.4. The molecule has 0 radical (unpaired) electrons. The van der Waals surface area contributed by atoms with E-state index in [1.807, 2.05) is 43.5 Å². The Morgan fingerprint density at radius 1 is 1.36 bits per heavy atom. The molecule has 0 atom stereocenters. The van der Waals surface area contributed by atoms with Crippen LogP contribution in [0.2, 0.25) is 0 Å². The largest absolute Gasteiger partial charge is 0.444 e. The van der Waals surface area contributed by atoms with Crippen LogP contribution >= 0.6 is 0 Å². The Morgan fingerprint density at radius 2 is 2.18 bits per heavy atom. The molecule has 1 N–H and O–H groups in total. The van der Waals surface area contributed by atoms with Gasteiger partial charge in [-0.15, -0.1) is 0 Å². The summed E-state index contributed by atoms with van der Waals surface area (Å²) in [6.07, 6.45) is 5.64. The van der Waals surface area contributed by atoms with Gasteiger partial charge in [-0.2, -0.15) is 0 Å². The predicted octanol–water partition coefficient (Wildman–Crippen LogP) is 2.39. The summed E-state index contributed by atoms with van der Waals surface area (Å²) in [7, 11) is 0. The van der Waals surface area contributed by atoms with Crippen LogP contribution in [0.25, 0.3) is 0 Å². The number of amides is 1. The Morgan fingerprint density at radius 3 is 2.86 bits per heavy atom. The molecule has 2 rings (SSSR count). The quantitative estimate of drug-likeness (QED) is 0.920. The second kappa shape index (κ2) is 7.06. The van der Waals surface area contributed by atoms with E-state index < -0.39 is 11.7 Å². The standard InChI is InChI=1S/C16H22N4O2/c1-16(2,3)22-15(21)19-9-7-14-10-17-12-20(14)11-13-6-4-5-8-18-13/h4-6,8,10,12H,7,9,11H2,1-3H3,(H,19,21). The normalized spacial score (nSPS) is 11.2. The van der Waals surface area contributed by atoms with Crippen molar-refractivity contribution in [2.75, 3.05) is 6.54 Å². The van der Waals surface area contributed by atoms with Gasteiger partial charge in [0.05, 0.1) is 18.6 Å². The van der Waals surface area contributed by atoms with Crippen LogP contribution < -0.4 is 5.32 Å². The number of imidazole rings is 1. The van der Waals surface area contributed by atoms with Crippen LogP contribution in [0.15, 0.2) is 36.9 Å². The zero-order valence-electron chi connectivity index (χ0n) is 13.2. The molecule has 0 aliphatic heterocycles. The van der Waals surface area contributed by atoms with Gasteiger partial charge in [-0.25, -0.2) is 9.78 Å². The molecule has 0 unspecified atom stereocenters. The van der Waals surface area contributed by atoms with Gasteiger partial charge in [-0.3, -0.25) is 4.98 Å². The number of carbonyl (C=O) groups excluding carboxylic acids is 1. The summed E-state index contributed by atoms with van der Waals surface area (Å²) in [5.74, 6) is 0. The molecule has 0 saturated heterocycles. The smallest absolute Gasteiger partial charge is 0.407 e. The monoisotopic (exact) mass is 302 g/mol. The molecular formula is C16H22N4O2. The van der Waals surface area contributed by atoms with E-state index in [2.05, 4.69) is 15.3 Å². The lowest BCUT2D eigenvalue weighted by Crippen LogP contribution is -2.33. The van der Waals surface area contributed by atoms with E-state index in [0.717, 1.165) is 11.4 Å². The third kappa shape index (κ3) is 5.20. The number of alkyl carbamates (subject to hydrolysis) is 1. The molecule has 6 nitrogen and oxygen atoms in total. The van der Waals surface area contributed by atoms with E-state index >= 15 is 0 Å². The molecule has 0 aliphatic carbocycles. The van der Waals surface area contributed by atoms with Crippen molar-refractivity contribution in [2.24, 2.45) is 0 Å². The number of rotatable bonds is 5. The number of nitrogens with one attached hydrogen (secondary N) is 1. The summed E-state index contributed by atoms with van der Waals surface area (Å²) in [5.41, 5.74) is 1.54. The van der Waals surface area contributed by atoms with Gasteiger partial charge in [0.1, 0.15) is 5.60 Å². The predicted molar refractivity (Wildman–Crippen MR) is 83.5 cm³/mol. The average Bonchev–Trinajstić information content (AvgIpc) is 2.85. The van der Waals surface area contributed by atoms with Gasteiger partial charge in [0.25, 0.3) is 0 Å². The second-order valence-electron chi connectivity index (χ2n) is 6.01. The maximum Gasteiger partial charge on any atom is 0.407 e. The van der Waals surface area contributed by atoms with E-state index in [9.17, 15) is 4.79 Å². The molecule has 1 amide bonds. The SMILES string of the molecule is CC(C)(C)OC(=O)NCCc1cncn1Cc1ccccn1. The van der Waals surface area contributed by atoms with Gasteiger partial charge in [0.15, 0.2) is 0 Å². The number of ether oxygens (including phenoxy) is 1. The number of pyridine rings is 1. The second-order valence-corrected chi connectivity index (χ2v) is 6.01. The molecule has 2 aromatic heterocycles. The lowest BCUT2D eigenvalue weighted by molar-refractivity contribution is 0.0528. The fourth-order valence-corrected chi connectivity index (χ4v) is 1.97. The van der Waals surface area contributed by atoms with E-state index in [-0.39, 0.29) is 0 Å². The van der Waals surface area contributed by atoms with E-state index in [4.69, 9.17) is 4.74 Å². The Labute approximate surface area is 130 Å². The number of carbonyl (C=O) groups is 1. The first-order valence-electron chi connectivity index (χ1n) is 7.30. The molecule has 0 fully saturated rings. The van der Waals surface area contributed by atoms with Crippen molar-refractivity contribution in [3.8, 4) is 0 Å². The summed E-state index contributed by atoms with van der Waals surface area (Å²) < 4.78 is 7.23. The van der Waals surface area contributed by atoms with Crippen LogP contribution in [0.4, 0.5) is 4.79 Å². The molecular weight excluding hydrogens is 280 g/mol. The van der Waals surface area contributed by atoms with Crippen molar-refractivity contribution < 1.29 is 9.53 Å². The highest BCUT2D eigenvalue weighted by Crippen LogP contribution is 2.07. The highest BCUT2D eigenvalue weighted by Gasteiger charge is 2.15. The third-order valence-corrected chi connectivity index (χ3v) is 2.91. The fraction of sp³-hybridized carbons (Fsp3) is 0.438. The molecule has 2 aromatic rings. The Hall–Kier alpha value is -2.37. The minimum Gasteiger partial charge on any atom is -0.444 e. The minimum atomic E-state index is -0.481. The number of aromatic nitrogens is 3. The summed E-state index contributed by atoms with van der Waals surface area (Å²) in [5, 5.41) is 2.75. The Balaban J connectivity index is 1.84. The first kappa shape index (κ1) is 16.0. The van der Waals surface area contributed by atoms with Crippen molar-refractivity contribution in [1.29, 1.82) is 0 Å². The molecule has 2 heterocycles. The minimum absolute atomic E-state index is 0.400. The van der Waals surface area contributed by atoms with E-state index in [1.54, 1.807) is 18.7 Å². The summed E-state index contributed by atoms with van der Waals surface area (Å²) in [6, 6.07) is 5.83. The number of hydrogen-bond acceptors (Lipinski definition) is 4. The van der Waals surface area contributed by atoms with E-state index in [1.165, 1.54) is 0 Å². The van der Waals surface area contributed by atoms with Gasteiger partial charge in [0.2, 0.25) is 0 Å². The van der Waals surface area contributed by atoms with Crippen molar-refractivity contribution in [2.45, 2.75) is 39.3 Å². The Bertz CT molecular complexity index is 602. The number of nitrogens with zero attached hydrogens (tertiary/aromatic N) is 3. The van der Waals surface area contributed by atoms with E-state index in [0.29, 0.717) is 19.5 Å². The molecule has 22 heavy (non-hydrogen) atoms. The van der Waals surface area contributed by atoms with Gasteiger partial charge in [-0.05, 0) is 32.9 Å². The zero-order valence-corrected chi connectivity index (χ0v) is 13.2. The van der Waals surface area contributed by atoms with Crippen molar-refractivity contribution >= 4 is 6.09 Å². The number of hydrogen-bond donors (Lipinski definition) is 1. The third-order valence-electron chi connectivity index (χ3n) is 2.91.